The number of halogens is 2. The van der Waals surface area contributed by atoms with Crippen molar-refractivity contribution in [3.05, 3.63) is 34.6 Å². The first-order valence-electron chi connectivity index (χ1n) is 7.07. The summed E-state index contributed by atoms with van der Waals surface area (Å²) in [6, 6.07) is 4.14. The van der Waals surface area contributed by atoms with E-state index in [2.05, 4.69) is 5.32 Å². The zero-order chi connectivity index (χ0) is 14.5. The van der Waals surface area contributed by atoms with Crippen LogP contribution in [-0.4, -0.2) is 37.0 Å². The Morgan fingerprint density at radius 2 is 2.35 bits per heavy atom. The van der Waals surface area contributed by atoms with Crippen LogP contribution in [0.15, 0.2) is 18.2 Å². The molecule has 0 saturated carbocycles. The van der Waals surface area contributed by atoms with E-state index in [4.69, 9.17) is 11.6 Å². The van der Waals surface area contributed by atoms with Crippen LogP contribution in [0.1, 0.15) is 30.1 Å². The molecule has 2 rings (SSSR count). The minimum Gasteiger partial charge on any atom is -0.339 e. The van der Waals surface area contributed by atoms with Crippen LogP contribution < -0.4 is 5.32 Å². The van der Waals surface area contributed by atoms with Gasteiger partial charge in [0, 0.05) is 18.7 Å². The highest BCUT2D eigenvalue weighted by Gasteiger charge is 2.21. The van der Waals surface area contributed by atoms with E-state index in [9.17, 15) is 9.18 Å². The molecule has 1 heterocycles. The van der Waals surface area contributed by atoms with Crippen LogP contribution in [0.2, 0.25) is 5.02 Å². The lowest BCUT2D eigenvalue weighted by atomic mass is 9.98. The molecule has 3 nitrogen and oxygen atoms in total. The Kier molecular flexibility index (Phi) is 5.38. The second-order valence-electron chi connectivity index (χ2n) is 5.19. The van der Waals surface area contributed by atoms with E-state index in [1.807, 2.05) is 6.92 Å². The fourth-order valence-corrected chi connectivity index (χ4v) is 2.74. The van der Waals surface area contributed by atoms with Gasteiger partial charge < -0.3 is 10.2 Å². The summed E-state index contributed by atoms with van der Waals surface area (Å²) < 4.78 is 13.2. The molecule has 1 aromatic carbocycles. The monoisotopic (exact) mass is 298 g/mol. The summed E-state index contributed by atoms with van der Waals surface area (Å²) in [7, 11) is 0. The third-order valence-electron chi connectivity index (χ3n) is 3.71. The topological polar surface area (TPSA) is 32.3 Å². The maximum atomic E-state index is 13.2. The molecule has 1 N–H and O–H groups in total. The highest BCUT2D eigenvalue weighted by molar-refractivity contribution is 6.31. The number of carbonyl (C=O) groups is 1. The van der Waals surface area contributed by atoms with Gasteiger partial charge in [0.05, 0.1) is 5.02 Å². The van der Waals surface area contributed by atoms with Gasteiger partial charge in [0.1, 0.15) is 5.82 Å². The predicted molar refractivity (Wildman–Crippen MR) is 78.6 cm³/mol. The van der Waals surface area contributed by atoms with E-state index in [0.717, 1.165) is 32.5 Å². The summed E-state index contributed by atoms with van der Waals surface area (Å²) >= 11 is 5.74. The van der Waals surface area contributed by atoms with Gasteiger partial charge in [0.25, 0.3) is 5.91 Å². The van der Waals surface area contributed by atoms with Crippen LogP contribution in [0.25, 0.3) is 0 Å². The number of amides is 1. The first kappa shape index (κ1) is 15.3. The summed E-state index contributed by atoms with van der Waals surface area (Å²) in [4.78, 5) is 14.2. The average molecular weight is 299 g/mol. The molecule has 110 valence electrons. The molecule has 1 fully saturated rings. The first-order chi connectivity index (χ1) is 9.61. The van der Waals surface area contributed by atoms with Crippen LogP contribution in [-0.2, 0) is 0 Å². The lowest BCUT2D eigenvalue weighted by Gasteiger charge is -2.29. The molecule has 1 aliphatic heterocycles. The number of hydrogen-bond acceptors (Lipinski definition) is 2. The zero-order valence-electron chi connectivity index (χ0n) is 11.7. The molecular weight excluding hydrogens is 279 g/mol. The van der Waals surface area contributed by atoms with Crippen molar-refractivity contribution < 1.29 is 9.18 Å². The molecule has 0 radical (unpaired) electrons. The normalized spacial score (nSPS) is 18.9. The Morgan fingerprint density at radius 3 is 2.95 bits per heavy atom. The van der Waals surface area contributed by atoms with Crippen molar-refractivity contribution in [1.29, 1.82) is 0 Å². The fourth-order valence-electron chi connectivity index (χ4n) is 2.56. The molecule has 1 aromatic rings. The number of carbonyl (C=O) groups excluding carboxylic acids is 1. The van der Waals surface area contributed by atoms with Gasteiger partial charge in [-0.1, -0.05) is 11.6 Å². The van der Waals surface area contributed by atoms with Crippen molar-refractivity contribution in [3.8, 4) is 0 Å². The Labute approximate surface area is 124 Å². The van der Waals surface area contributed by atoms with Gasteiger partial charge in [-0.3, -0.25) is 4.79 Å². The standard InChI is InChI=1S/C15H20ClFN2O/c1-2-19(10-11-4-3-7-18-9-11)15(20)12-5-6-14(17)13(16)8-12/h5-6,8,11,18H,2-4,7,9-10H2,1H3. The Morgan fingerprint density at radius 1 is 1.55 bits per heavy atom. The van der Waals surface area contributed by atoms with E-state index in [1.54, 1.807) is 4.90 Å². The molecule has 5 heteroatoms. The van der Waals surface area contributed by atoms with Gasteiger partial charge in [-0.05, 0) is 57.0 Å². The van der Waals surface area contributed by atoms with Crippen molar-refractivity contribution in [2.45, 2.75) is 19.8 Å². The average Bonchev–Trinajstić information content (AvgIpc) is 2.48. The predicted octanol–water partition coefficient (Wildman–Crippen LogP) is 2.94. The van der Waals surface area contributed by atoms with Gasteiger partial charge in [-0.25, -0.2) is 4.39 Å². The van der Waals surface area contributed by atoms with E-state index < -0.39 is 5.82 Å². The van der Waals surface area contributed by atoms with Crippen molar-refractivity contribution in [1.82, 2.24) is 10.2 Å². The van der Waals surface area contributed by atoms with Crippen LogP contribution in [0, 0.1) is 11.7 Å². The third-order valence-corrected chi connectivity index (χ3v) is 4.00. The number of nitrogens with zero attached hydrogens (tertiary/aromatic N) is 1. The molecule has 0 bridgehead atoms. The van der Waals surface area contributed by atoms with Gasteiger partial charge in [0.15, 0.2) is 0 Å². The van der Waals surface area contributed by atoms with Gasteiger partial charge >= 0.3 is 0 Å². The van der Waals surface area contributed by atoms with E-state index in [0.29, 0.717) is 18.0 Å². The van der Waals surface area contributed by atoms with E-state index in [-0.39, 0.29) is 10.9 Å². The Balaban J connectivity index is 2.05. The number of benzene rings is 1. The number of rotatable bonds is 4. The van der Waals surface area contributed by atoms with Gasteiger partial charge in [-0.15, -0.1) is 0 Å². The van der Waals surface area contributed by atoms with Gasteiger partial charge in [0.2, 0.25) is 0 Å². The van der Waals surface area contributed by atoms with Crippen molar-refractivity contribution in [2.75, 3.05) is 26.2 Å². The summed E-state index contributed by atoms with van der Waals surface area (Å²) in [6.07, 6.45) is 2.29. The lowest BCUT2D eigenvalue weighted by molar-refractivity contribution is 0.0729. The minimum absolute atomic E-state index is 0.00811. The van der Waals surface area contributed by atoms with Gasteiger partial charge in [-0.2, -0.15) is 0 Å². The highest BCUT2D eigenvalue weighted by atomic mass is 35.5. The van der Waals surface area contributed by atoms with Crippen LogP contribution >= 0.6 is 11.6 Å². The smallest absolute Gasteiger partial charge is 0.253 e. The third kappa shape index (κ3) is 3.70. The summed E-state index contributed by atoms with van der Waals surface area (Å²) in [5, 5.41) is 3.34. The van der Waals surface area contributed by atoms with Crippen molar-refractivity contribution >= 4 is 17.5 Å². The quantitative estimate of drug-likeness (QED) is 0.927. The fraction of sp³-hybridized carbons (Fsp3) is 0.533. The van der Waals surface area contributed by atoms with Crippen LogP contribution in [0.5, 0.6) is 0 Å². The van der Waals surface area contributed by atoms with Crippen molar-refractivity contribution in [2.24, 2.45) is 5.92 Å². The molecule has 1 aliphatic rings. The molecule has 0 aromatic heterocycles. The molecule has 1 unspecified atom stereocenters. The maximum absolute atomic E-state index is 13.2. The molecule has 0 spiro atoms. The second-order valence-corrected chi connectivity index (χ2v) is 5.59. The lowest BCUT2D eigenvalue weighted by Crippen LogP contribution is -2.41. The number of piperidine rings is 1. The Bertz CT molecular complexity index is 475. The van der Waals surface area contributed by atoms with Crippen LogP contribution in [0.4, 0.5) is 4.39 Å². The SMILES string of the molecule is CCN(CC1CCCNC1)C(=O)c1ccc(F)c(Cl)c1. The molecule has 1 amide bonds. The molecule has 1 atom stereocenters. The highest BCUT2D eigenvalue weighted by Crippen LogP contribution is 2.19. The molecule has 1 saturated heterocycles. The Hall–Kier alpha value is -1.13. The summed E-state index contributed by atoms with van der Waals surface area (Å²) in [5.41, 5.74) is 0.446. The summed E-state index contributed by atoms with van der Waals surface area (Å²) in [5.74, 6) is -0.0914. The van der Waals surface area contributed by atoms with Crippen LogP contribution in [0.3, 0.4) is 0 Å². The van der Waals surface area contributed by atoms with E-state index in [1.165, 1.54) is 18.2 Å². The van der Waals surface area contributed by atoms with E-state index >= 15 is 0 Å². The van der Waals surface area contributed by atoms with Crippen molar-refractivity contribution in [3.63, 3.8) is 0 Å². The largest absolute Gasteiger partial charge is 0.339 e. The number of nitrogens with one attached hydrogen (secondary N) is 1. The first-order valence-corrected chi connectivity index (χ1v) is 7.44. The maximum Gasteiger partial charge on any atom is 0.253 e. The minimum atomic E-state index is -0.497. The molecule has 20 heavy (non-hydrogen) atoms. The zero-order valence-corrected chi connectivity index (χ0v) is 12.4. The second kappa shape index (κ2) is 7.04. The molecule has 0 aliphatic carbocycles. The number of hydrogen-bond donors (Lipinski definition) is 1. The summed E-state index contributed by atoms with van der Waals surface area (Å²) in [6.45, 7) is 5.35. The molecular formula is C15H20ClFN2O.